The second-order valence-electron chi connectivity index (χ2n) is 3.85. The van der Waals surface area contributed by atoms with Gasteiger partial charge in [0.2, 0.25) is 0 Å². The molecule has 1 heterocycles. The Kier molecular flexibility index (Phi) is 2.48. The van der Waals surface area contributed by atoms with Crippen molar-refractivity contribution in [2.75, 3.05) is 0 Å². The number of fused-ring (bicyclic) bond motifs is 1. The summed E-state index contributed by atoms with van der Waals surface area (Å²) >= 11 is 5.13. The predicted molar refractivity (Wildman–Crippen MR) is 68.4 cm³/mol. The van der Waals surface area contributed by atoms with Crippen LogP contribution in [0.2, 0.25) is 0 Å². The van der Waals surface area contributed by atoms with Gasteiger partial charge in [0.25, 0.3) is 0 Å². The Labute approximate surface area is 106 Å². The highest BCUT2D eigenvalue weighted by Gasteiger charge is 2.12. The average molecular weight is 262 g/mol. The molecule has 2 aromatic carbocycles. The van der Waals surface area contributed by atoms with Gasteiger partial charge >= 0.3 is 0 Å². The normalized spacial score (nSPS) is 11.0. The Bertz CT molecular complexity index is 789. The van der Waals surface area contributed by atoms with Crippen LogP contribution in [0.3, 0.4) is 0 Å². The van der Waals surface area contributed by atoms with E-state index in [0.29, 0.717) is 11.2 Å². The van der Waals surface area contributed by atoms with Gasteiger partial charge in [-0.2, -0.15) is 0 Å². The molecule has 0 aliphatic heterocycles. The summed E-state index contributed by atoms with van der Waals surface area (Å²) in [4.78, 5) is 2.76. The van der Waals surface area contributed by atoms with Gasteiger partial charge in [0, 0.05) is 0 Å². The molecule has 1 aromatic heterocycles. The Morgan fingerprint density at radius 2 is 1.67 bits per heavy atom. The number of nitrogens with one attached hydrogen (secondary N) is 1. The number of para-hydroxylation sites is 2. The summed E-state index contributed by atoms with van der Waals surface area (Å²) in [5.41, 5.74) is 1.11. The van der Waals surface area contributed by atoms with Crippen LogP contribution in [0, 0.1) is 16.4 Å². The van der Waals surface area contributed by atoms with Crippen LogP contribution < -0.4 is 0 Å². The third-order valence-corrected chi connectivity index (χ3v) is 3.05. The van der Waals surface area contributed by atoms with E-state index in [1.807, 2.05) is 0 Å². The number of halogens is 2. The maximum atomic E-state index is 13.8. The van der Waals surface area contributed by atoms with E-state index in [0.717, 1.165) is 0 Å². The molecule has 0 saturated carbocycles. The Morgan fingerprint density at radius 1 is 0.944 bits per heavy atom. The van der Waals surface area contributed by atoms with Crippen molar-refractivity contribution in [2.45, 2.75) is 0 Å². The summed E-state index contributed by atoms with van der Waals surface area (Å²) < 4.78 is 29.2. The molecule has 3 aromatic rings. The van der Waals surface area contributed by atoms with E-state index in [2.05, 4.69) is 4.98 Å². The molecule has 90 valence electrons. The lowest BCUT2D eigenvalue weighted by Crippen LogP contribution is -1.97. The van der Waals surface area contributed by atoms with Gasteiger partial charge < -0.3 is 4.98 Å². The Balaban J connectivity index is 2.44. The molecule has 2 nitrogen and oxygen atoms in total. The van der Waals surface area contributed by atoms with Crippen LogP contribution in [-0.2, 0) is 0 Å². The molecule has 0 fully saturated rings. The van der Waals surface area contributed by atoms with Gasteiger partial charge in [0.1, 0.15) is 17.2 Å². The molecule has 0 atom stereocenters. The fourth-order valence-electron chi connectivity index (χ4n) is 1.97. The topological polar surface area (TPSA) is 20.7 Å². The number of nitrogens with zero attached hydrogens (tertiary/aromatic N) is 1. The van der Waals surface area contributed by atoms with Crippen molar-refractivity contribution in [1.82, 2.24) is 9.55 Å². The van der Waals surface area contributed by atoms with E-state index in [9.17, 15) is 8.78 Å². The first-order valence-electron chi connectivity index (χ1n) is 5.32. The fourth-order valence-corrected chi connectivity index (χ4v) is 2.27. The van der Waals surface area contributed by atoms with E-state index in [1.165, 1.54) is 16.7 Å². The number of H-pyrrole nitrogens is 1. The standard InChI is InChI=1S/C13H8F2N2S/c14-8-4-1-2-6-10(8)17-11-7-3-5-9(15)12(11)16-13(17)18/h1-7H,(H,16,18). The maximum absolute atomic E-state index is 13.8. The summed E-state index contributed by atoms with van der Waals surface area (Å²) in [6.45, 7) is 0. The van der Waals surface area contributed by atoms with Crippen molar-refractivity contribution in [2.24, 2.45) is 0 Å². The highest BCUT2D eigenvalue weighted by molar-refractivity contribution is 7.71. The van der Waals surface area contributed by atoms with Crippen LogP contribution >= 0.6 is 12.2 Å². The first kappa shape index (κ1) is 11.1. The van der Waals surface area contributed by atoms with Crippen molar-refractivity contribution in [3.8, 4) is 5.69 Å². The molecule has 0 radical (unpaired) electrons. The molecular formula is C13H8F2N2S. The van der Waals surface area contributed by atoms with Crippen LogP contribution in [0.25, 0.3) is 16.7 Å². The third-order valence-electron chi connectivity index (χ3n) is 2.76. The van der Waals surface area contributed by atoms with Gasteiger partial charge in [-0.3, -0.25) is 4.57 Å². The van der Waals surface area contributed by atoms with Crippen LogP contribution in [-0.4, -0.2) is 9.55 Å². The van der Waals surface area contributed by atoms with Gasteiger partial charge in [0.15, 0.2) is 4.77 Å². The zero-order valence-electron chi connectivity index (χ0n) is 9.15. The molecule has 3 rings (SSSR count). The number of hydrogen-bond donors (Lipinski definition) is 1. The van der Waals surface area contributed by atoms with Gasteiger partial charge in [-0.15, -0.1) is 0 Å². The molecular weight excluding hydrogens is 254 g/mol. The minimum Gasteiger partial charge on any atom is -0.328 e. The van der Waals surface area contributed by atoms with E-state index in [1.54, 1.807) is 30.3 Å². The number of aromatic amines is 1. The lowest BCUT2D eigenvalue weighted by molar-refractivity contribution is 0.619. The second-order valence-corrected chi connectivity index (χ2v) is 4.24. The van der Waals surface area contributed by atoms with E-state index in [4.69, 9.17) is 12.2 Å². The molecule has 0 aliphatic carbocycles. The van der Waals surface area contributed by atoms with Crippen molar-refractivity contribution in [3.05, 3.63) is 58.9 Å². The number of benzene rings is 2. The van der Waals surface area contributed by atoms with Crippen LogP contribution in [0.5, 0.6) is 0 Å². The number of aromatic nitrogens is 2. The second kappa shape index (κ2) is 4.03. The fraction of sp³-hybridized carbons (Fsp3) is 0. The molecule has 1 N–H and O–H groups in total. The first-order chi connectivity index (χ1) is 8.68. The number of rotatable bonds is 1. The zero-order valence-corrected chi connectivity index (χ0v) is 9.97. The van der Waals surface area contributed by atoms with Gasteiger partial charge in [-0.1, -0.05) is 18.2 Å². The monoisotopic (exact) mass is 262 g/mol. The minimum absolute atomic E-state index is 0.264. The van der Waals surface area contributed by atoms with E-state index < -0.39 is 11.6 Å². The zero-order chi connectivity index (χ0) is 12.7. The largest absolute Gasteiger partial charge is 0.328 e. The highest BCUT2D eigenvalue weighted by Crippen LogP contribution is 2.23. The summed E-state index contributed by atoms with van der Waals surface area (Å²) in [7, 11) is 0. The molecule has 0 aliphatic rings. The van der Waals surface area contributed by atoms with Crippen LogP contribution in [0.1, 0.15) is 0 Å². The Morgan fingerprint density at radius 3 is 2.44 bits per heavy atom. The molecule has 0 saturated heterocycles. The molecule has 5 heteroatoms. The lowest BCUT2D eigenvalue weighted by Gasteiger charge is -2.05. The van der Waals surface area contributed by atoms with Crippen molar-refractivity contribution < 1.29 is 8.78 Å². The predicted octanol–water partition coefficient (Wildman–Crippen LogP) is 3.97. The van der Waals surface area contributed by atoms with Crippen LogP contribution in [0.4, 0.5) is 8.78 Å². The molecule has 0 bridgehead atoms. The minimum atomic E-state index is -0.409. The van der Waals surface area contributed by atoms with Crippen molar-refractivity contribution >= 4 is 23.3 Å². The molecule has 18 heavy (non-hydrogen) atoms. The van der Waals surface area contributed by atoms with E-state index in [-0.39, 0.29) is 10.3 Å². The van der Waals surface area contributed by atoms with Gasteiger partial charge in [-0.25, -0.2) is 8.78 Å². The van der Waals surface area contributed by atoms with Crippen molar-refractivity contribution in [3.63, 3.8) is 0 Å². The summed E-state index contributed by atoms with van der Waals surface area (Å²) in [6.07, 6.45) is 0. The lowest BCUT2D eigenvalue weighted by atomic mass is 10.2. The third kappa shape index (κ3) is 1.55. The number of hydrogen-bond acceptors (Lipinski definition) is 1. The summed E-state index contributed by atoms with van der Waals surface area (Å²) in [5, 5.41) is 0. The number of imidazole rings is 1. The molecule has 0 spiro atoms. The quantitative estimate of drug-likeness (QED) is 0.658. The smallest absolute Gasteiger partial charge is 0.182 e. The van der Waals surface area contributed by atoms with Crippen molar-refractivity contribution in [1.29, 1.82) is 0 Å². The highest BCUT2D eigenvalue weighted by atomic mass is 32.1. The molecule has 0 unspecified atom stereocenters. The van der Waals surface area contributed by atoms with E-state index >= 15 is 0 Å². The Hall–Kier alpha value is -2.01. The van der Waals surface area contributed by atoms with Gasteiger partial charge in [-0.05, 0) is 36.5 Å². The summed E-state index contributed by atoms with van der Waals surface area (Å²) in [6, 6.07) is 10.8. The van der Waals surface area contributed by atoms with Gasteiger partial charge in [0.05, 0.1) is 11.2 Å². The maximum Gasteiger partial charge on any atom is 0.182 e. The van der Waals surface area contributed by atoms with Crippen LogP contribution in [0.15, 0.2) is 42.5 Å². The summed E-state index contributed by atoms with van der Waals surface area (Å²) in [5.74, 6) is -0.813. The molecule has 0 amide bonds. The average Bonchev–Trinajstić information content (AvgIpc) is 2.68. The SMILES string of the molecule is Fc1ccccc1-n1c(=S)[nH]c2c(F)cccc21. The first-order valence-corrected chi connectivity index (χ1v) is 5.73.